The number of rotatable bonds is 3. The Morgan fingerprint density at radius 2 is 2.00 bits per heavy atom. The van der Waals surface area contributed by atoms with Crippen LogP contribution in [0.1, 0.15) is 11.5 Å². The van der Waals surface area contributed by atoms with Gasteiger partial charge in [0.1, 0.15) is 11.7 Å². The highest BCUT2D eigenvalue weighted by Gasteiger charge is 2.44. The monoisotopic (exact) mass is 249 g/mol. The van der Waals surface area contributed by atoms with Gasteiger partial charge in [-0.15, -0.1) is 0 Å². The molecule has 0 saturated carbocycles. The normalized spacial score (nSPS) is 23.2. The second kappa shape index (κ2) is 4.68. The smallest absolute Gasteiger partial charge is 0.316 e. The lowest BCUT2D eigenvalue weighted by Gasteiger charge is -2.13. The molecule has 2 atom stereocenters. The van der Waals surface area contributed by atoms with E-state index in [0.717, 1.165) is 5.56 Å². The van der Waals surface area contributed by atoms with E-state index in [2.05, 4.69) is 0 Å². The van der Waals surface area contributed by atoms with Crippen molar-refractivity contribution in [3.63, 3.8) is 0 Å². The van der Waals surface area contributed by atoms with Crippen LogP contribution in [0.5, 0.6) is 5.75 Å². The highest BCUT2D eigenvalue weighted by molar-refractivity contribution is 5.99. The third-order valence-corrected chi connectivity index (χ3v) is 3.33. The fourth-order valence-corrected chi connectivity index (χ4v) is 2.33. The SMILES string of the molecule is COc1ccc(C2CN(C)C(=O)C2C(=O)O)cc1. The van der Waals surface area contributed by atoms with E-state index in [4.69, 9.17) is 9.84 Å². The number of carboxylic acids is 1. The number of nitrogens with zero attached hydrogens (tertiary/aromatic N) is 1. The molecule has 1 aromatic rings. The molecule has 96 valence electrons. The van der Waals surface area contributed by atoms with Crippen molar-refractivity contribution < 1.29 is 19.4 Å². The van der Waals surface area contributed by atoms with Gasteiger partial charge in [0, 0.05) is 19.5 Å². The number of carboxylic acid groups (broad SMARTS) is 1. The number of ether oxygens (including phenoxy) is 1. The summed E-state index contributed by atoms with van der Waals surface area (Å²) in [7, 11) is 3.20. The molecule has 0 bridgehead atoms. The Labute approximate surface area is 105 Å². The van der Waals surface area contributed by atoms with Crippen LogP contribution in [0.25, 0.3) is 0 Å². The van der Waals surface area contributed by atoms with Crippen molar-refractivity contribution in [1.82, 2.24) is 4.90 Å². The van der Waals surface area contributed by atoms with Gasteiger partial charge in [0.15, 0.2) is 0 Å². The molecule has 1 aliphatic heterocycles. The Hall–Kier alpha value is -2.04. The molecule has 2 unspecified atom stereocenters. The number of amides is 1. The van der Waals surface area contributed by atoms with Crippen molar-refractivity contribution in [3.8, 4) is 5.75 Å². The summed E-state index contributed by atoms with van der Waals surface area (Å²) < 4.78 is 5.05. The van der Waals surface area contributed by atoms with Gasteiger partial charge >= 0.3 is 5.97 Å². The molecule has 1 N–H and O–H groups in total. The molecule has 5 heteroatoms. The number of carbonyl (C=O) groups is 2. The first-order chi connectivity index (χ1) is 8.54. The van der Waals surface area contributed by atoms with E-state index in [9.17, 15) is 9.59 Å². The lowest BCUT2D eigenvalue weighted by Crippen LogP contribution is -2.28. The average molecular weight is 249 g/mol. The minimum atomic E-state index is -1.06. The van der Waals surface area contributed by atoms with Gasteiger partial charge in [0.25, 0.3) is 0 Å². The van der Waals surface area contributed by atoms with Crippen LogP contribution in [0.3, 0.4) is 0 Å². The summed E-state index contributed by atoms with van der Waals surface area (Å²) in [6.07, 6.45) is 0. The molecule has 0 aliphatic carbocycles. The lowest BCUT2D eigenvalue weighted by molar-refractivity contribution is -0.147. The summed E-state index contributed by atoms with van der Waals surface area (Å²) in [5.41, 5.74) is 0.848. The molecule has 0 spiro atoms. The molecule has 1 fully saturated rings. The Bertz CT molecular complexity index is 468. The number of likely N-dealkylation sites (N-methyl/N-ethyl adjacent to an activating group) is 1. The van der Waals surface area contributed by atoms with Crippen LogP contribution in [-0.4, -0.2) is 42.6 Å². The zero-order valence-corrected chi connectivity index (χ0v) is 10.3. The molecule has 1 aromatic carbocycles. The largest absolute Gasteiger partial charge is 0.497 e. The van der Waals surface area contributed by atoms with Gasteiger partial charge < -0.3 is 14.7 Å². The summed E-state index contributed by atoms with van der Waals surface area (Å²) in [6, 6.07) is 7.17. The predicted octanol–water partition coefficient (Wildman–Crippen LogP) is 0.952. The van der Waals surface area contributed by atoms with Crippen LogP contribution >= 0.6 is 0 Å². The zero-order valence-electron chi connectivity index (χ0n) is 10.3. The van der Waals surface area contributed by atoms with Crippen molar-refractivity contribution in [2.75, 3.05) is 20.7 Å². The number of likely N-dealkylation sites (tertiary alicyclic amines) is 1. The Morgan fingerprint density at radius 1 is 1.39 bits per heavy atom. The zero-order chi connectivity index (χ0) is 13.3. The molecule has 5 nitrogen and oxygen atoms in total. The fraction of sp³-hybridized carbons (Fsp3) is 0.385. The van der Waals surface area contributed by atoms with Crippen LogP contribution in [0.15, 0.2) is 24.3 Å². The summed E-state index contributed by atoms with van der Waals surface area (Å²) in [5, 5.41) is 9.16. The van der Waals surface area contributed by atoms with Gasteiger partial charge in [-0.1, -0.05) is 12.1 Å². The molecule has 18 heavy (non-hydrogen) atoms. The van der Waals surface area contributed by atoms with E-state index in [1.807, 2.05) is 12.1 Å². The van der Waals surface area contributed by atoms with E-state index in [0.29, 0.717) is 12.3 Å². The molecule has 1 saturated heterocycles. The summed E-state index contributed by atoms with van der Waals surface area (Å²) in [4.78, 5) is 24.4. The van der Waals surface area contributed by atoms with E-state index in [1.54, 1.807) is 26.3 Å². The van der Waals surface area contributed by atoms with Crippen LogP contribution in [-0.2, 0) is 9.59 Å². The second-order valence-electron chi connectivity index (χ2n) is 4.41. The summed E-state index contributed by atoms with van der Waals surface area (Å²) in [6.45, 7) is 0.433. The first-order valence-electron chi connectivity index (χ1n) is 5.66. The standard InChI is InChI=1S/C13H15NO4/c1-14-7-10(11(12(14)15)13(16)17)8-3-5-9(18-2)6-4-8/h3-6,10-11H,7H2,1-2H3,(H,16,17). The topological polar surface area (TPSA) is 66.8 Å². The minimum absolute atomic E-state index is 0.300. The number of aliphatic carboxylic acids is 1. The van der Waals surface area contributed by atoms with E-state index >= 15 is 0 Å². The second-order valence-corrected chi connectivity index (χ2v) is 4.41. The van der Waals surface area contributed by atoms with Crippen LogP contribution in [0.2, 0.25) is 0 Å². The molecule has 2 rings (SSSR count). The van der Waals surface area contributed by atoms with Crippen LogP contribution in [0.4, 0.5) is 0 Å². The third kappa shape index (κ3) is 2.03. The van der Waals surface area contributed by atoms with Gasteiger partial charge in [-0.3, -0.25) is 9.59 Å². The maximum atomic E-state index is 11.8. The first kappa shape index (κ1) is 12.4. The lowest BCUT2D eigenvalue weighted by atomic mass is 9.88. The van der Waals surface area contributed by atoms with E-state index < -0.39 is 11.9 Å². The van der Waals surface area contributed by atoms with Gasteiger partial charge in [-0.2, -0.15) is 0 Å². The van der Waals surface area contributed by atoms with Crippen LogP contribution < -0.4 is 4.74 Å². The Balaban J connectivity index is 2.30. The Morgan fingerprint density at radius 3 is 2.50 bits per heavy atom. The molecule has 1 amide bonds. The average Bonchev–Trinajstić information content (AvgIpc) is 2.66. The maximum Gasteiger partial charge on any atom is 0.316 e. The van der Waals surface area contributed by atoms with Gasteiger partial charge in [0.2, 0.25) is 5.91 Å². The maximum absolute atomic E-state index is 11.8. The quantitative estimate of drug-likeness (QED) is 0.810. The van der Waals surface area contributed by atoms with Crippen molar-refractivity contribution in [2.24, 2.45) is 5.92 Å². The molecule has 0 radical (unpaired) electrons. The van der Waals surface area contributed by atoms with E-state index in [1.165, 1.54) is 4.90 Å². The fourth-order valence-electron chi connectivity index (χ4n) is 2.33. The van der Waals surface area contributed by atoms with Gasteiger partial charge in [0.05, 0.1) is 7.11 Å². The summed E-state index contributed by atoms with van der Waals surface area (Å²) in [5.74, 6) is -1.97. The van der Waals surface area contributed by atoms with Crippen molar-refractivity contribution >= 4 is 11.9 Å². The number of hydrogen-bond acceptors (Lipinski definition) is 3. The van der Waals surface area contributed by atoms with E-state index in [-0.39, 0.29) is 11.8 Å². The third-order valence-electron chi connectivity index (χ3n) is 3.33. The van der Waals surface area contributed by atoms with Crippen LogP contribution in [0, 0.1) is 5.92 Å². The minimum Gasteiger partial charge on any atom is -0.497 e. The molecule has 1 heterocycles. The van der Waals surface area contributed by atoms with Crippen molar-refractivity contribution in [1.29, 1.82) is 0 Å². The molecule has 0 aromatic heterocycles. The molecule has 1 aliphatic rings. The van der Waals surface area contributed by atoms with Crippen molar-refractivity contribution in [3.05, 3.63) is 29.8 Å². The van der Waals surface area contributed by atoms with Gasteiger partial charge in [-0.25, -0.2) is 0 Å². The number of carbonyl (C=O) groups excluding carboxylic acids is 1. The number of benzene rings is 1. The molecular weight excluding hydrogens is 234 g/mol. The highest BCUT2D eigenvalue weighted by atomic mass is 16.5. The summed E-state index contributed by atoms with van der Waals surface area (Å²) >= 11 is 0. The predicted molar refractivity (Wildman–Crippen MR) is 64.5 cm³/mol. The van der Waals surface area contributed by atoms with Crippen molar-refractivity contribution in [2.45, 2.75) is 5.92 Å². The highest BCUT2D eigenvalue weighted by Crippen LogP contribution is 2.33. The van der Waals surface area contributed by atoms with Gasteiger partial charge in [-0.05, 0) is 17.7 Å². The number of methoxy groups -OCH3 is 1. The Kier molecular flexibility index (Phi) is 3.23. The first-order valence-corrected chi connectivity index (χ1v) is 5.66. The number of hydrogen-bond donors (Lipinski definition) is 1. The molecular formula is C13H15NO4.